The molecule has 1 N–H and O–H groups in total. The molecule has 1 atom stereocenters. The van der Waals surface area contributed by atoms with Crippen molar-refractivity contribution in [3.63, 3.8) is 0 Å². The largest absolute Gasteiger partial charge is 0.450 e. The molecule has 1 unspecified atom stereocenters. The maximum Gasteiger partial charge on any atom is 0.411 e. The summed E-state index contributed by atoms with van der Waals surface area (Å²) in [5, 5.41) is 8.96. The zero-order chi connectivity index (χ0) is 22.5. The molecule has 6 nitrogen and oxygen atoms in total. The van der Waals surface area contributed by atoms with Gasteiger partial charge < -0.3 is 4.74 Å². The van der Waals surface area contributed by atoms with Crippen molar-refractivity contribution in [2.75, 3.05) is 11.9 Å². The highest BCUT2D eigenvalue weighted by Gasteiger charge is 2.33. The average Bonchev–Trinajstić information content (AvgIpc) is 3.26. The van der Waals surface area contributed by atoms with Gasteiger partial charge in [0.15, 0.2) is 0 Å². The Morgan fingerprint density at radius 1 is 1.03 bits per heavy atom. The number of hydrogen-bond acceptors (Lipinski definition) is 4. The third-order valence-electron chi connectivity index (χ3n) is 5.13. The van der Waals surface area contributed by atoms with Crippen molar-refractivity contribution >= 4 is 39.3 Å². The lowest BCUT2D eigenvalue weighted by molar-refractivity contribution is 0.0711. The van der Waals surface area contributed by atoms with Crippen LogP contribution < -0.4 is 5.32 Å². The molecule has 1 aliphatic heterocycles. The third kappa shape index (κ3) is 4.89. The molecular formula is C25H22BrN3O3. The molecule has 2 amide bonds. The Morgan fingerprint density at radius 2 is 1.72 bits per heavy atom. The zero-order valence-corrected chi connectivity index (χ0v) is 19.1. The highest BCUT2D eigenvalue weighted by molar-refractivity contribution is 9.10. The van der Waals surface area contributed by atoms with Gasteiger partial charge in [-0.05, 0) is 54.4 Å². The van der Waals surface area contributed by atoms with E-state index in [2.05, 4.69) is 21.2 Å². The van der Waals surface area contributed by atoms with Crippen molar-refractivity contribution in [3.05, 3.63) is 100 Å². The number of hydrogen-bond donors (Lipinski definition) is 1. The van der Waals surface area contributed by atoms with E-state index in [0.29, 0.717) is 24.3 Å². The van der Waals surface area contributed by atoms with Gasteiger partial charge in [0.1, 0.15) is 0 Å². The molecule has 0 bridgehead atoms. The highest BCUT2D eigenvalue weighted by atomic mass is 79.9. The van der Waals surface area contributed by atoms with Gasteiger partial charge >= 0.3 is 6.09 Å². The fourth-order valence-electron chi connectivity index (χ4n) is 3.56. The normalized spacial score (nSPS) is 15.2. The third-order valence-corrected chi connectivity index (χ3v) is 5.66. The van der Waals surface area contributed by atoms with E-state index in [1.807, 2.05) is 54.6 Å². The minimum absolute atomic E-state index is 0.151. The number of rotatable bonds is 5. The molecule has 4 rings (SSSR count). The maximum atomic E-state index is 13.3. The first-order valence-corrected chi connectivity index (χ1v) is 11.1. The summed E-state index contributed by atoms with van der Waals surface area (Å²) < 4.78 is 5.82. The van der Waals surface area contributed by atoms with E-state index in [-0.39, 0.29) is 11.9 Å². The molecule has 3 aromatic carbocycles. The maximum absolute atomic E-state index is 13.3. The van der Waals surface area contributed by atoms with E-state index >= 15 is 0 Å². The summed E-state index contributed by atoms with van der Waals surface area (Å²) in [6, 6.07) is 24.3. The minimum Gasteiger partial charge on any atom is -0.450 e. The van der Waals surface area contributed by atoms with E-state index in [1.165, 1.54) is 0 Å². The molecule has 1 aliphatic rings. The summed E-state index contributed by atoms with van der Waals surface area (Å²) >= 11 is 3.41. The predicted octanol–water partition coefficient (Wildman–Crippen LogP) is 6.01. The zero-order valence-electron chi connectivity index (χ0n) is 17.5. The fraction of sp³-hybridized carbons (Fsp3) is 0.160. The number of carbonyl (C=O) groups is 2. The summed E-state index contributed by atoms with van der Waals surface area (Å²) in [4.78, 5) is 24.9. The second-order valence-electron chi connectivity index (χ2n) is 7.26. The van der Waals surface area contributed by atoms with Crippen LogP contribution in [0.4, 0.5) is 10.5 Å². The molecule has 0 radical (unpaired) electrons. The average molecular weight is 492 g/mol. The van der Waals surface area contributed by atoms with Crippen LogP contribution in [0.2, 0.25) is 0 Å². The Hall–Kier alpha value is -3.45. The predicted molar refractivity (Wildman–Crippen MR) is 128 cm³/mol. The fourth-order valence-corrected chi connectivity index (χ4v) is 3.83. The summed E-state index contributed by atoms with van der Waals surface area (Å²) in [6.45, 7) is 2.06. The van der Waals surface area contributed by atoms with E-state index in [9.17, 15) is 9.59 Å². The molecule has 0 aromatic heterocycles. The van der Waals surface area contributed by atoms with Crippen LogP contribution in [0.25, 0.3) is 0 Å². The number of ether oxygens (including phenoxy) is 1. The lowest BCUT2D eigenvalue weighted by atomic mass is 9.98. The Labute approximate surface area is 195 Å². The van der Waals surface area contributed by atoms with Gasteiger partial charge in [0.05, 0.1) is 18.4 Å². The first-order chi connectivity index (χ1) is 15.5. The lowest BCUT2D eigenvalue weighted by Gasteiger charge is -2.22. The van der Waals surface area contributed by atoms with E-state index < -0.39 is 6.09 Å². The number of amides is 2. The molecule has 162 valence electrons. The molecule has 0 fully saturated rings. The van der Waals surface area contributed by atoms with Crippen molar-refractivity contribution in [2.24, 2.45) is 5.10 Å². The van der Waals surface area contributed by atoms with Crippen LogP contribution in [-0.4, -0.2) is 29.3 Å². The van der Waals surface area contributed by atoms with Crippen LogP contribution in [-0.2, 0) is 4.74 Å². The number of nitrogens with one attached hydrogen (secondary N) is 1. The topological polar surface area (TPSA) is 71.0 Å². The van der Waals surface area contributed by atoms with Crippen LogP contribution in [0.15, 0.2) is 88.4 Å². The van der Waals surface area contributed by atoms with Crippen molar-refractivity contribution in [2.45, 2.75) is 19.4 Å². The molecule has 1 heterocycles. The van der Waals surface area contributed by atoms with E-state index in [1.54, 1.807) is 36.2 Å². The molecule has 0 aliphatic carbocycles. The van der Waals surface area contributed by atoms with E-state index in [0.717, 1.165) is 21.3 Å². The number of anilines is 1. The number of benzene rings is 3. The summed E-state index contributed by atoms with van der Waals surface area (Å²) in [6.07, 6.45) is 0.102. The van der Waals surface area contributed by atoms with Crippen LogP contribution in [0, 0.1) is 0 Å². The van der Waals surface area contributed by atoms with Crippen LogP contribution >= 0.6 is 15.9 Å². The van der Waals surface area contributed by atoms with Crippen LogP contribution in [0.3, 0.4) is 0 Å². The highest BCUT2D eigenvalue weighted by Crippen LogP contribution is 2.34. The van der Waals surface area contributed by atoms with Gasteiger partial charge in [0.2, 0.25) is 0 Å². The second kappa shape index (κ2) is 9.78. The smallest absolute Gasteiger partial charge is 0.411 e. The minimum atomic E-state index is -0.492. The van der Waals surface area contributed by atoms with Crippen molar-refractivity contribution < 1.29 is 14.3 Å². The molecule has 32 heavy (non-hydrogen) atoms. The van der Waals surface area contributed by atoms with Crippen LogP contribution in [0.1, 0.15) is 40.9 Å². The number of nitrogens with zero attached hydrogens (tertiary/aromatic N) is 2. The molecule has 3 aromatic rings. The Balaban J connectivity index is 1.61. The Morgan fingerprint density at radius 3 is 2.38 bits per heavy atom. The summed E-state index contributed by atoms with van der Waals surface area (Å²) in [5.74, 6) is -0.151. The van der Waals surface area contributed by atoms with Gasteiger partial charge in [-0.1, -0.05) is 58.4 Å². The van der Waals surface area contributed by atoms with Gasteiger partial charge in [-0.25, -0.2) is 9.80 Å². The van der Waals surface area contributed by atoms with Crippen LogP contribution in [0.5, 0.6) is 0 Å². The molecule has 7 heteroatoms. The monoisotopic (exact) mass is 491 g/mol. The number of hydrazone groups is 1. The van der Waals surface area contributed by atoms with Gasteiger partial charge in [0.25, 0.3) is 5.91 Å². The Kier molecular flexibility index (Phi) is 6.66. The van der Waals surface area contributed by atoms with Crippen molar-refractivity contribution in [1.82, 2.24) is 5.01 Å². The van der Waals surface area contributed by atoms with E-state index in [4.69, 9.17) is 9.84 Å². The number of carbonyl (C=O) groups excluding carboxylic acids is 2. The summed E-state index contributed by atoms with van der Waals surface area (Å²) in [5.41, 5.74) is 3.94. The standard InChI is InChI=1S/C25H22BrN3O3/c1-2-32-25(31)27-21-14-10-17(11-15-21)22-16-23(18-6-4-3-5-7-18)29(28-22)24(30)19-8-12-20(26)13-9-19/h3-15,23H,2,16H2,1H3,(H,27,31). The van der Waals surface area contributed by atoms with Gasteiger partial charge in [-0.15, -0.1) is 0 Å². The second-order valence-corrected chi connectivity index (χ2v) is 8.17. The molecule has 0 saturated heterocycles. The lowest BCUT2D eigenvalue weighted by Crippen LogP contribution is -2.27. The molecule has 0 spiro atoms. The quantitative estimate of drug-likeness (QED) is 0.474. The first kappa shape index (κ1) is 21.8. The summed E-state index contributed by atoms with van der Waals surface area (Å²) in [7, 11) is 0. The Bertz CT molecular complexity index is 1130. The van der Waals surface area contributed by atoms with Gasteiger partial charge in [0, 0.05) is 22.1 Å². The SMILES string of the molecule is CCOC(=O)Nc1ccc(C2=NN(C(=O)c3ccc(Br)cc3)C(c3ccccc3)C2)cc1. The number of halogens is 1. The molecular weight excluding hydrogens is 470 g/mol. The van der Waals surface area contributed by atoms with Crippen molar-refractivity contribution in [3.8, 4) is 0 Å². The first-order valence-electron chi connectivity index (χ1n) is 10.3. The van der Waals surface area contributed by atoms with Gasteiger partial charge in [-0.3, -0.25) is 10.1 Å². The van der Waals surface area contributed by atoms with Crippen molar-refractivity contribution in [1.29, 1.82) is 0 Å². The molecule has 0 saturated carbocycles. The van der Waals surface area contributed by atoms with Gasteiger partial charge in [-0.2, -0.15) is 5.10 Å².